The standard InChI is InChI=1S/C10H12N2S/c1-7-2-3-9-8(6-7)4-5-12(9)10(11)13/h2-3,6H,4-5H2,1H3,(H2,11,13). The molecule has 1 heterocycles. The van der Waals surface area contributed by atoms with E-state index in [1.807, 2.05) is 4.90 Å². The normalized spacial score (nSPS) is 14.4. The minimum absolute atomic E-state index is 0.475. The molecule has 0 fully saturated rings. The summed E-state index contributed by atoms with van der Waals surface area (Å²) in [5.41, 5.74) is 9.44. The molecule has 1 aromatic carbocycles. The van der Waals surface area contributed by atoms with Gasteiger partial charge >= 0.3 is 0 Å². The zero-order valence-corrected chi connectivity index (χ0v) is 8.40. The molecule has 1 aliphatic heterocycles. The van der Waals surface area contributed by atoms with Crippen LogP contribution in [-0.4, -0.2) is 11.7 Å². The van der Waals surface area contributed by atoms with Crippen molar-refractivity contribution in [3.05, 3.63) is 29.3 Å². The summed E-state index contributed by atoms with van der Waals surface area (Å²) < 4.78 is 0. The van der Waals surface area contributed by atoms with Gasteiger partial charge in [-0.05, 0) is 37.2 Å². The highest BCUT2D eigenvalue weighted by atomic mass is 32.1. The van der Waals surface area contributed by atoms with Gasteiger partial charge in [-0.1, -0.05) is 17.7 Å². The molecule has 0 aromatic heterocycles. The van der Waals surface area contributed by atoms with Crippen molar-refractivity contribution in [1.29, 1.82) is 0 Å². The number of benzene rings is 1. The molecule has 1 aliphatic rings. The third-order valence-corrected chi connectivity index (χ3v) is 2.62. The number of fused-ring (bicyclic) bond motifs is 1. The van der Waals surface area contributed by atoms with Gasteiger partial charge in [0.15, 0.2) is 5.11 Å². The summed E-state index contributed by atoms with van der Waals surface area (Å²) in [6.07, 6.45) is 1.05. The van der Waals surface area contributed by atoms with Gasteiger partial charge in [-0.3, -0.25) is 0 Å². The Labute approximate surface area is 83.3 Å². The minimum atomic E-state index is 0.475. The van der Waals surface area contributed by atoms with Crippen LogP contribution in [0.15, 0.2) is 18.2 Å². The van der Waals surface area contributed by atoms with Crippen LogP contribution in [0.4, 0.5) is 5.69 Å². The van der Waals surface area contributed by atoms with Gasteiger partial charge in [-0.2, -0.15) is 0 Å². The van der Waals surface area contributed by atoms with Gasteiger partial charge in [-0.25, -0.2) is 0 Å². The maximum absolute atomic E-state index is 5.61. The van der Waals surface area contributed by atoms with Gasteiger partial charge in [-0.15, -0.1) is 0 Å². The highest BCUT2D eigenvalue weighted by molar-refractivity contribution is 7.80. The zero-order chi connectivity index (χ0) is 9.42. The minimum Gasteiger partial charge on any atom is -0.376 e. The predicted molar refractivity (Wildman–Crippen MR) is 59.0 cm³/mol. The fourth-order valence-electron chi connectivity index (χ4n) is 1.76. The number of hydrogen-bond donors (Lipinski definition) is 1. The molecule has 2 nitrogen and oxygen atoms in total. The van der Waals surface area contributed by atoms with E-state index in [2.05, 4.69) is 25.1 Å². The van der Waals surface area contributed by atoms with E-state index in [0.29, 0.717) is 5.11 Å². The molecule has 1 aromatic rings. The van der Waals surface area contributed by atoms with Crippen LogP contribution in [0.25, 0.3) is 0 Å². The van der Waals surface area contributed by atoms with Crippen LogP contribution in [0.3, 0.4) is 0 Å². The quantitative estimate of drug-likeness (QED) is 0.633. The van der Waals surface area contributed by atoms with Crippen molar-refractivity contribution in [2.75, 3.05) is 11.4 Å². The number of nitrogens with zero attached hydrogens (tertiary/aromatic N) is 1. The van der Waals surface area contributed by atoms with Crippen LogP contribution in [0.5, 0.6) is 0 Å². The van der Waals surface area contributed by atoms with E-state index >= 15 is 0 Å². The number of aryl methyl sites for hydroxylation is 1. The van der Waals surface area contributed by atoms with Gasteiger partial charge in [0, 0.05) is 12.2 Å². The summed E-state index contributed by atoms with van der Waals surface area (Å²) in [4.78, 5) is 1.99. The van der Waals surface area contributed by atoms with Crippen LogP contribution in [0, 0.1) is 6.92 Å². The van der Waals surface area contributed by atoms with E-state index in [-0.39, 0.29) is 0 Å². The van der Waals surface area contributed by atoms with Gasteiger partial charge in [0.2, 0.25) is 0 Å². The largest absolute Gasteiger partial charge is 0.376 e. The first-order chi connectivity index (χ1) is 6.18. The monoisotopic (exact) mass is 192 g/mol. The SMILES string of the molecule is Cc1ccc2c(c1)CCN2C(N)=S. The number of anilines is 1. The fourth-order valence-corrected chi connectivity index (χ4v) is 1.95. The molecule has 0 bridgehead atoms. The van der Waals surface area contributed by atoms with Gasteiger partial charge in [0.25, 0.3) is 0 Å². The molecular formula is C10H12N2S. The number of thiocarbonyl (C=S) groups is 1. The van der Waals surface area contributed by atoms with Crippen LogP contribution >= 0.6 is 12.2 Å². The molecule has 0 aliphatic carbocycles. The highest BCUT2D eigenvalue weighted by Crippen LogP contribution is 2.28. The number of rotatable bonds is 0. The topological polar surface area (TPSA) is 29.3 Å². The molecule has 0 radical (unpaired) electrons. The van der Waals surface area contributed by atoms with Crippen molar-refractivity contribution < 1.29 is 0 Å². The molecule has 3 heteroatoms. The highest BCUT2D eigenvalue weighted by Gasteiger charge is 2.20. The lowest BCUT2D eigenvalue weighted by atomic mass is 10.1. The Balaban J connectivity index is 2.44. The summed E-state index contributed by atoms with van der Waals surface area (Å²) in [5, 5.41) is 0.475. The number of hydrogen-bond acceptors (Lipinski definition) is 1. The molecule has 0 saturated heterocycles. The second-order valence-corrected chi connectivity index (χ2v) is 3.79. The molecule has 0 unspecified atom stereocenters. The molecular weight excluding hydrogens is 180 g/mol. The van der Waals surface area contributed by atoms with Gasteiger partial charge in [0.05, 0.1) is 0 Å². The van der Waals surface area contributed by atoms with Crippen molar-refractivity contribution in [2.45, 2.75) is 13.3 Å². The molecule has 2 N–H and O–H groups in total. The molecule has 2 rings (SSSR count). The lowest BCUT2D eigenvalue weighted by Crippen LogP contribution is -2.33. The molecule has 0 amide bonds. The van der Waals surface area contributed by atoms with Crippen LogP contribution in [-0.2, 0) is 6.42 Å². The second-order valence-electron chi connectivity index (χ2n) is 3.37. The first kappa shape index (κ1) is 8.51. The lowest BCUT2D eigenvalue weighted by molar-refractivity contribution is 1.02. The first-order valence-electron chi connectivity index (χ1n) is 4.35. The van der Waals surface area contributed by atoms with E-state index in [4.69, 9.17) is 18.0 Å². The van der Waals surface area contributed by atoms with Crippen LogP contribution in [0.2, 0.25) is 0 Å². The third-order valence-electron chi connectivity index (χ3n) is 2.40. The Bertz CT molecular complexity index is 360. The van der Waals surface area contributed by atoms with E-state index in [1.54, 1.807) is 0 Å². The summed E-state index contributed by atoms with van der Waals surface area (Å²) >= 11 is 4.97. The van der Waals surface area contributed by atoms with Crippen LogP contribution in [0.1, 0.15) is 11.1 Å². The molecule has 0 saturated carbocycles. The molecule has 0 atom stereocenters. The maximum atomic E-state index is 5.61. The smallest absolute Gasteiger partial charge is 0.170 e. The Morgan fingerprint density at radius 1 is 1.54 bits per heavy atom. The third kappa shape index (κ3) is 1.40. The van der Waals surface area contributed by atoms with Crippen molar-refractivity contribution in [3.8, 4) is 0 Å². The number of nitrogens with two attached hydrogens (primary N) is 1. The van der Waals surface area contributed by atoms with E-state index in [9.17, 15) is 0 Å². The zero-order valence-electron chi connectivity index (χ0n) is 7.58. The summed E-state index contributed by atoms with van der Waals surface area (Å²) in [5.74, 6) is 0. The van der Waals surface area contributed by atoms with Crippen molar-refractivity contribution in [3.63, 3.8) is 0 Å². The summed E-state index contributed by atoms with van der Waals surface area (Å²) in [6, 6.07) is 6.39. The predicted octanol–water partition coefficient (Wildman–Crippen LogP) is 1.60. The van der Waals surface area contributed by atoms with Crippen molar-refractivity contribution in [1.82, 2.24) is 0 Å². The van der Waals surface area contributed by atoms with E-state index < -0.39 is 0 Å². The maximum Gasteiger partial charge on any atom is 0.170 e. The Kier molecular flexibility index (Phi) is 1.96. The molecule has 13 heavy (non-hydrogen) atoms. The molecule has 0 spiro atoms. The molecule has 68 valence electrons. The van der Waals surface area contributed by atoms with E-state index in [1.165, 1.54) is 16.8 Å². The average Bonchev–Trinajstić information content (AvgIpc) is 2.46. The average molecular weight is 192 g/mol. The first-order valence-corrected chi connectivity index (χ1v) is 4.76. The Hall–Kier alpha value is -1.09. The van der Waals surface area contributed by atoms with Gasteiger partial charge < -0.3 is 10.6 Å². The van der Waals surface area contributed by atoms with E-state index in [0.717, 1.165) is 13.0 Å². The summed E-state index contributed by atoms with van der Waals surface area (Å²) in [7, 11) is 0. The summed E-state index contributed by atoms with van der Waals surface area (Å²) in [6.45, 7) is 3.03. The van der Waals surface area contributed by atoms with Gasteiger partial charge in [0.1, 0.15) is 0 Å². The fraction of sp³-hybridized carbons (Fsp3) is 0.300. The second kappa shape index (κ2) is 3.00. The Morgan fingerprint density at radius 3 is 3.00 bits per heavy atom. The van der Waals surface area contributed by atoms with Crippen molar-refractivity contribution >= 4 is 23.0 Å². The van der Waals surface area contributed by atoms with Crippen molar-refractivity contribution in [2.24, 2.45) is 5.73 Å². The Morgan fingerprint density at radius 2 is 2.31 bits per heavy atom. The lowest BCUT2D eigenvalue weighted by Gasteiger charge is -2.16. The van der Waals surface area contributed by atoms with Crippen LogP contribution < -0.4 is 10.6 Å².